The summed E-state index contributed by atoms with van der Waals surface area (Å²) in [5.74, 6) is -0.214. The summed E-state index contributed by atoms with van der Waals surface area (Å²) >= 11 is 3.41. The molecule has 0 aliphatic carbocycles. The monoisotopic (exact) mass is 301 g/mol. The highest BCUT2D eigenvalue weighted by Gasteiger charge is 2.09. The molecule has 0 radical (unpaired) electrons. The van der Waals surface area contributed by atoms with Gasteiger partial charge in [-0.2, -0.15) is 0 Å². The molecular weight excluding hydrogens is 285 g/mol. The van der Waals surface area contributed by atoms with Crippen molar-refractivity contribution in [3.8, 4) is 0 Å². The Kier molecular flexibility index (Phi) is 6.19. The summed E-state index contributed by atoms with van der Waals surface area (Å²) in [6.45, 7) is 2.73. The van der Waals surface area contributed by atoms with E-state index < -0.39 is 5.82 Å². The van der Waals surface area contributed by atoms with Crippen molar-refractivity contribution in [3.05, 3.63) is 35.6 Å². The van der Waals surface area contributed by atoms with E-state index in [1.807, 2.05) is 0 Å². The summed E-state index contributed by atoms with van der Waals surface area (Å²) in [4.78, 5) is 11.6. The normalized spacial score (nSPS) is 12.2. The number of benzene rings is 1. The van der Waals surface area contributed by atoms with Crippen LogP contribution >= 0.6 is 15.9 Å². The quantitative estimate of drug-likeness (QED) is 0.633. The van der Waals surface area contributed by atoms with Gasteiger partial charge < -0.3 is 5.32 Å². The Labute approximate surface area is 110 Å². The lowest BCUT2D eigenvalue weighted by atomic mass is 10.1. The van der Waals surface area contributed by atoms with Crippen LogP contribution in [0.3, 0.4) is 0 Å². The molecule has 1 rings (SSSR count). The van der Waals surface area contributed by atoms with Crippen LogP contribution in [0, 0.1) is 11.7 Å². The maximum atomic E-state index is 13.3. The lowest BCUT2D eigenvalue weighted by Gasteiger charge is -2.08. The van der Waals surface area contributed by atoms with Crippen molar-refractivity contribution in [1.82, 2.24) is 5.32 Å². The fraction of sp³-hybridized carbons (Fsp3) is 0.462. The van der Waals surface area contributed by atoms with Crippen LogP contribution in [-0.2, 0) is 0 Å². The molecule has 0 saturated heterocycles. The number of amides is 1. The third-order valence-electron chi connectivity index (χ3n) is 2.54. The van der Waals surface area contributed by atoms with E-state index in [1.54, 1.807) is 12.1 Å². The fourth-order valence-corrected chi connectivity index (χ4v) is 1.79. The molecule has 94 valence electrons. The Balaban J connectivity index is 2.33. The first-order valence-corrected chi connectivity index (χ1v) is 6.86. The molecule has 17 heavy (non-hydrogen) atoms. The number of nitrogens with one attached hydrogen (secondary N) is 1. The molecule has 1 aromatic rings. The van der Waals surface area contributed by atoms with Crippen molar-refractivity contribution in [2.75, 3.05) is 11.9 Å². The van der Waals surface area contributed by atoms with Crippen LogP contribution in [0.25, 0.3) is 0 Å². The van der Waals surface area contributed by atoms with E-state index >= 15 is 0 Å². The molecule has 0 aromatic heterocycles. The van der Waals surface area contributed by atoms with Gasteiger partial charge >= 0.3 is 0 Å². The van der Waals surface area contributed by atoms with Gasteiger partial charge in [0.05, 0.1) is 5.56 Å². The standard InChI is InChI=1S/C13H17BrFNO/c1-10(9-14)5-4-8-16-13(17)11-6-2-3-7-12(11)15/h2-3,6-7,10H,4-5,8-9H2,1H3,(H,16,17). The van der Waals surface area contributed by atoms with Gasteiger partial charge in [-0.25, -0.2) is 4.39 Å². The van der Waals surface area contributed by atoms with Crippen molar-refractivity contribution in [2.24, 2.45) is 5.92 Å². The Bertz CT molecular complexity index is 370. The molecule has 1 amide bonds. The highest BCUT2D eigenvalue weighted by molar-refractivity contribution is 9.09. The summed E-state index contributed by atoms with van der Waals surface area (Å²) in [6.07, 6.45) is 1.95. The van der Waals surface area contributed by atoms with Crippen molar-refractivity contribution < 1.29 is 9.18 Å². The van der Waals surface area contributed by atoms with Gasteiger partial charge in [0, 0.05) is 11.9 Å². The van der Waals surface area contributed by atoms with Gasteiger partial charge in [0.15, 0.2) is 0 Å². The molecular formula is C13H17BrFNO. The molecule has 0 spiro atoms. The van der Waals surface area contributed by atoms with Gasteiger partial charge in [-0.3, -0.25) is 4.79 Å². The van der Waals surface area contributed by atoms with E-state index in [9.17, 15) is 9.18 Å². The lowest BCUT2D eigenvalue weighted by molar-refractivity contribution is 0.0948. The smallest absolute Gasteiger partial charge is 0.254 e. The van der Waals surface area contributed by atoms with E-state index in [4.69, 9.17) is 0 Å². The van der Waals surface area contributed by atoms with Gasteiger partial charge in [0.2, 0.25) is 0 Å². The van der Waals surface area contributed by atoms with Crippen molar-refractivity contribution in [2.45, 2.75) is 19.8 Å². The zero-order valence-electron chi connectivity index (χ0n) is 9.88. The lowest BCUT2D eigenvalue weighted by Crippen LogP contribution is -2.25. The molecule has 4 heteroatoms. The van der Waals surface area contributed by atoms with Crippen LogP contribution in [0.5, 0.6) is 0 Å². The summed E-state index contributed by atoms with van der Waals surface area (Å²) in [5, 5.41) is 3.69. The van der Waals surface area contributed by atoms with E-state index in [-0.39, 0.29) is 11.5 Å². The second-order valence-corrected chi connectivity index (χ2v) is 4.78. The summed E-state index contributed by atoms with van der Waals surface area (Å²) in [7, 11) is 0. The van der Waals surface area contributed by atoms with Gasteiger partial charge in [0.1, 0.15) is 5.82 Å². The molecule has 0 fully saturated rings. The first kappa shape index (κ1) is 14.2. The van der Waals surface area contributed by atoms with Crippen LogP contribution < -0.4 is 5.32 Å². The van der Waals surface area contributed by atoms with Crippen molar-refractivity contribution >= 4 is 21.8 Å². The Morgan fingerprint density at radius 3 is 2.82 bits per heavy atom. The van der Waals surface area contributed by atoms with Crippen LogP contribution in [0.15, 0.2) is 24.3 Å². The third-order valence-corrected chi connectivity index (χ3v) is 3.65. The van der Waals surface area contributed by atoms with E-state index in [0.29, 0.717) is 12.5 Å². The molecule has 2 nitrogen and oxygen atoms in total. The van der Waals surface area contributed by atoms with E-state index in [1.165, 1.54) is 12.1 Å². The number of alkyl halides is 1. The van der Waals surface area contributed by atoms with Crippen LogP contribution in [0.2, 0.25) is 0 Å². The van der Waals surface area contributed by atoms with Gasteiger partial charge in [-0.1, -0.05) is 35.0 Å². The number of carbonyl (C=O) groups is 1. The minimum atomic E-state index is -0.473. The largest absolute Gasteiger partial charge is 0.352 e. The van der Waals surface area contributed by atoms with Gasteiger partial charge in [-0.05, 0) is 30.9 Å². The average Bonchev–Trinajstić information content (AvgIpc) is 2.34. The number of rotatable bonds is 6. The molecule has 0 heterocycles. The Morgan fingerprint density at radius 1 is 1.47 bits per heavy atom. The van der Waals surface area contributed by atoms with Crippen LogP contribution in [0.4, 0.5) is 4.39 Å². The molecule has 0 saturated carbocycles. The van der Waals surface area contributed by atoms with Crippen LogP contribution in [0.1, 0.15) is 30.1 Å². The Hall–Kier alpha value is -0.900. The predicted molar refractivity (Wildman–Crippen MR) is 70.9 cm³/mol. The third kappa shape index (κ3) is 4.86. The summed E-state index contributed by atoms with van der Waals surface area (Å²) in [5.41, 5.74) is 0.112. The first-order valence-electron chi connectivity index (χ1n) is 5.74. The molecule has 1 atom stereocenters. The molecule has 1 unspecified atom stereocenters. The minimum Gasteiger partial charge on any atom is -0.352 e. The summed E-state index contributed by atoms with van der Waals surface area (Å²) in [6, 6.07) is 6.02. The second-order valence-electron chi connectivity index (χ2n) is 4.14. The highest BCUT2D eigenvalue weighted by atomic mass is 79.9. The highest BCUT2D eigenvalue weighted by Crippen LogP contribution is 2.08. The molecule has 0 aliphatic heterocycles. The van der Waals surface area contributed by atoms with Crippen LogP contribution in [-0.4, -0.2) is 17.8 Å². The second kappa shape index (κ2) is 7.43. The summed E-state index contributed by atoms with van der Waals surface area (Å²) < 4.78 is 13.3. The van der Waals surface area contributed by atoms with Gasteiger partial charge in [-0.15, -0.1) is 0 Å². The number of hydrogen-bond donors (Lipinski definition) is 1. The average molecular weight is 302 g/mol. The zero-order chi connectivity index (χ0) is 12.7. The van der Waals surface area contributed by atoms with Gasteiger partial charge in [0.25, 0.3) is 5.91 Å². The molecule has 0 aliphatic rings. The van der Waals surface area contributed by atoms with E-state index in [2.05, 4.69) is 28.2 Å². The maximum absolute atomic E-state index is 13.3. The predicted octanol–water partition coefficient (Wildman–Crippen LogP) is 3.37. The number of halogens is 2. The van der Waals surface area contributed by atoms with E-state index in [0.717, 1.165) is 18.2 Å². The Morgan fingerprint density at radius 2 is 2.18 bits per heavy atom. The SMILES string of the molecule is CC(CBr)CCCNC(=O)c1ccccc1F. The maximum Gasteiger partial charge on any atom is 0.254 e. The molecule has 1 N–H and O–H groups in total. The first-order chi connectivity index (χ1) is 8.15. The minimum absolute atomic E-state index is 0.112. The zero-order valence-corrected chi connectivity index (χ0v) is 11.5. The number of hydrogen-bond acceptors (Lipinski definition) is 1. The fourth-order valence-electron chi connectivity index (χ4n) is 1.47. The number of carbonyl (C=O) groups excluding carboxylic acids is 1. The van der Waals surface area contributed by atoms with Crippen molar-refractivity contribution in [1.29, 1.82) is 0 Å². The topological polar surface area (TPSA) is 29.1 Å². The molecule has 1 aromatic carbocycles. The molecule has 0 bridgehead atoms. The van der Waals surface area contributed by atoms with Crippen molar-refractivity contribution in [3.63, 3.8) is 0 Å².